The minimum absolute atomic E-state index is 0.468. The summed E-state index contributed by atoms with van der Waals surface area (Å²) >= 11 is 0. The lowest BCUT2D eigenvalue weighted by Crippen LogP contribution is -2.24. The first kappa shape index (κ1) is 11.5. The van der Waals surface area contributed by atoms with Crippen LogP contribution in [0.15, 0.2) is 36.1 Å². The Bertz CT molecular complexity index is 500. The zero-order chi connectivity index (χ0) is 12.6. The molecular formula is C16H18O2. The van der Waals surface area contributed by atoms with Crippen molar-refractivity contribution < 1.29 is 9.47 Å². The second-order valence-electron chi connectivity index (χ2n) is 5.17. The molecule has 0 aromatic heterocycles. The largest absolute Gasteiger partial charge is 0.459 e. The van der Waals surface area contributed by atoms with Crippen LogP contribution in [0.5, 0.6) is 0 Å². The van der Waals surface area contributed by atoms with E-state index >= 15 is 0 Å². The van der Waals surface area contributed by atoms with Gasteiger partial charge in [-0.15, -0.1) is 0 Å². The molecule has 1 saturated heterocycles. The quantitative estimate of drug-likeness (QED) is 0.747. The van der Waals surface area contributed by atoms with E-state index in [2.05, 4.69) is 38.1 Å². The summed E-state index contributed by atoms with van der Waals surface area (Å²) < 4.78 is 11.6. The zero-order valence-electron chi connectivity index (χ0n) is 10.9. The Morgan fingerprint density at radius 2 is 1.94 bits per heavy atom. The summed E-state index contributed by atoms with van der Waals surface area (Å²) in [6.45, 7) is 5.02. The molecule has 0 N–H and O–H groups in total. The van der Waals surface area contributed by atoms with Crippen molar-refractivity contribution in [3.05, 3.63) is 52.8 Å². The fourth-order valence-electron chi connectivity index (χ4n) is 2.66. The molecule has 1 unspecified atom stereocenters. The monoisotopic (exact) mass is 242 g/mol. The molecule has 2 aliphatic rings. The Labute approximate surface area is 108 Å². The number of rotatable bonds is 1. The second kappa shape index (κ2) is 4.29. The topological polar surface area (TPSA) is 18.5 Å². The molecule has 1 atom stereocenters. The number of allylic oxidation sites excluding steroid dienone is 1. The molecule has 1 spiro atoms. The summed E-state index contributed by atoms with van der Waals surface area (Å²) in [7, 11) is 0. The Hall–Kier alpha value is -1.54. The summed E-state index contributed by atoms with van der Waals surface area (Å²) in [4.78, 5) is 0. The van der Waals surface area contributed by atoms with Gasteiger partial charge < -0.3 is 9.47 Å². The van der Waals surface area contributed by atoms with Crippen molar-refractivity contribution in [2.45, 2.75) is 32.5 Å². The van der Waals surface area contributed by atoms with Crippen molar-refractivity contribution in [3.63, 3.8) is 0 Å². The summed E-state index contributed by atoms with van der Waals surface area (Å²) in [5.41, 5.74) is 3.73. The van der Waals surface area contributed by atoms with E-state index in [0.717, 1.165) is 25.2 Å². The number of aryl methyl sites for hydroxylation is 2. The molecule has 2 heteroatoms. The molecule has 1 aromatic carbocycles. The molecule has 18 heavy (non-hydrogen) atoms. The highest BCUT2D eigenvalue weighted by atomic mass is 16.7. The third-order valence-corrected chi connectivity index (χ3v) is 3.36. The molecule has 0 saturated carbocycles. The van der Waals surface area contributed by atoms with Crippen LogP contribution in [0.25, 0.3) is 6.08 Å². The average Bonchev–Trinajstić information content (AvgIpc) is 2.89. The maximum absolute atomic E-state index is 5.92. The molecule has 1 aromatic rings. The molecule has 2 heterocycles. The van der Waals surface area contributed by atoms with Gasteiger partial charge in [0.15, 0.2) is 0 Å². The standard InChI is InChI=1S/C16H18O2/c1-12-8-13(2)10-14(9-12)11-15-4-6-16(18-15)5-3-7-17-16/h4,6,8-11H,3,5,7H2,1-2H3/b15-11-. The van der Waals surface area contributed by atoms with E-state index in [1.54, 1.807) is 0 Å². The predicted molar refractivity (Wildman–Crippen MR) is 72.0 cm³/mol. The van der Waals surface area contributed by atoms with Gasteiger partial charge in [-0.2, -0.15) is 0 Å². The van der Waals surface area contributed by atoms with Crippen molar-refractivity contribution in [1.29, 1.82) is 0 Å². The Morgan fingerprint density at radius 1 is 1.17 bits per heavy atom. The predicted octanol–water partition coefficient (Wildman–Crippen LogP) is 3.74. The van der Waals surface area contributed by atoms with Crippen LogP contribution in [0.1, 0.15) is 29.5 Å². The average molecular weight is 242 g/mol. The highest BCUT2D eigenvalue weighted by Gasteiger charge is 2.38. The van der Waals surface area contributed by atoms with Crippen molar-refractivity contribution in [3.8, 4) is 0 Å². The number of ether oxygens (including phenoxy) is 2. The normalized spacial score (nSPS) is 28.2. The molecular weight excluding hydrogens is 224 g/mol. The maximum Gasteiger partial charge on any atom is 0.230 e. The lowest BCUT2D eigenvalue weighted by molar-refractivity contribution is -0.135. The van der Waals surface area contributed by atoms with Crippen molar-refractivity contribution in [2.24, 2.45) is 0 Å². The van der Waals surface area contributed by atoms with Crippen molar-refractivity contribution in [1.82, 2.24) is 0 Å². The number of hydrogen-bond acceptors (Lipinski definition) is 2. The van der Waals surface area contributed by atoms with E-state index < -0.39 is 5.79 Å². The SMILES string of the molecule is Cc1cc(C)cc(/C=C2/C=CC3(CCCO3)O2)c1. The highest BCUT2D eigenvalue weighted by Crippen LogP contribution is 2.36. The van der Waals surface area contributed by atoms with E-state index in [1.165, 1.54) is 16.7 Å². The highest BCUT2D eigenvalue weighted by molar-refractivity contribution is 5.57. The fraction of sp³-hybridized carbons (Fsp3) is 0.375. The van der Waals surface area contributed by atoms with E-state index in [1.807, 2.05) is 12.2 Å². The maximum atomic E-state index is 5.92. The van der Waals surface area contributed by atoms with Gasteiger partial charge >= 0.3 is 0 Å². The fourth-order valence-corrected chi connectivity index (χ4v) is 2.66. The van der Waals surface area contributed by atoms with E-state index in [9.17, 15) is 0 Å². The first-order valence-electron chi connectivity index (χ1n) is 6.47. The molecule has 3 rings (SSSR count). The van der Waals surface area contributed by atoms with Crippen LogP contribution in [0, 0.1) is 13.8 Å². The van der Waals surface area contributed by atoms with Crippen LogP contribution in [0.2, 0.25) is 0 Å². The van der Waals surface area contributed by atoms with Gasteiger partial charge in [-0.25, -0.2) is 0 Å². The van der Waals surface area contributed by atoms with Crippen LogP contribution in [0.3, 0.4) is 0 Å². The van der Waals surface area contributed by atoms with Gasteiger partial charge in [0.05, 0.1) is 6.61 Å². The van der Waals surface area contributed by atoms with E-state index in [-0.39, 0.29) is 0 Å². The zero-order valence-corrected chi connectivity index (χ0v) is 10.9. The molecule has 0 aliphatic carbocycles. The minimum atomic E-state index is -0.468. The molecule has 0 bridgehead atoms. The first-order chi connectivity index (χ1) is 8.65. The molecule has 2 nitrogen and oxygen atoms in total. The van der Waals surface area contributed by atoms with Crippen LogP contribution in [0.4, 0.5) is 0 Å². The second-order valence-corrected chi connectivity index (χ2v) is 5.17. The number of benzene rings is 1. The number of hydrogen-bond donors (Lipinski definition) is 0. The lowest BCUT2D eigenvalue weighted by atomic mass is 10.1. The van der Waals surface area contributed by atoms with Crippen LogP contribution < -0.4 is 0 Å². The molecule has 0 radical (unpaired) electrons. The van der Waals surface area contributed by atoms with Crippen LogP contribution in [-0.4, -0.2) is 12.4 Å². The summed E-state index contributed by atoms with van der Waals surface area (Å²) in [6, 6.07) is 6.50. The van der Waals surface area contributed by atoms with Crippen molar-refractivity contribution >= 4 is 6.08 Å². The van der Waals surface area contributed by atoms with Gasteiger partial charge in [-0.05, 0) is 44.1 Å². The van der Waals surface area contributed by atoms with Gasteiger partial charge in [-0.3, -0.25) is 0 Å². The van der Waals surface area contributed by atoms with Gasteiger partial charge in [0, 0.05) is 6.42 Å². The van der Waals surface area contributed by atoms with E-state index in [0.29, 0.717) is 0 Å². The summed E-state index contributed by atoms with van der Waals surface area (Å²) in [5, 5.41) is 0. The van der Waals surface area contributed by atoms with Crippen LogP contribution >= 0.6 is 0 Å². The minimum Gasteiger partial charge on any atom is -0.459 e. The lowest BCUT2D eigenvalue weighted by Gasteiger charge is -2.20. The van der Waals surface area contributed by atoms with Gasteiger partial charge in [-0.1, -0.05) is 29.3 Å². The molecule has 0 amide bonds. The van der Waals surface area contributed by atoms with Gasteiger partial charge in [0.2, 0.25) is 5.79 Å². The van der Waals surface area contributed by atoms with Crippen molar-refractivity contribution in [2.75, 3.05) is 6.61 Å². The first-order valence-corrected chi connectivity index (χ1v) is 6.47. The summed E-state index contributed by atoms with van der Waals surface area (Å²) in [6.07, 6.45) is 8.15. The van der Waals surface area contributed by atoms with E-state index in [4.69, 9.17) is 9.47 Å². The Kier molecular flexibility index (Phi) is 2.75. The Morgan fingerprint density at radius 3 is 2.61 bits per heavy atom. The molecule has 1 fully saturated rings. The third kappa shape index (κ3) is 2.21. The third-order valence-electron chi connectivity index (χ3n) is 3.36. The van der Waals surface area contributed by atoms with Gasteiger partial charge in [0.25, 0.3) is 0 Å². The smallest absolute Gasteiger partial charge is 0.230 e. The van der Waals surface area contributed by atoms with Gasteiger partial charge in [0.1, 0.15) is 5.76 Å². The summed E-state index contributed by atoms with van der Waals surface area (Å²) in [5.74, 6) is 0.423. The Balaban J connectivity index is 1.84. The van der Waals surface area contributed by atoms with Crippen LogP contribution in [-0.2, 0) is 9.47 Å². The molecule has 2 aliphatic heterocycles. The molecule has 94 valence electrons.